The lowest BCUT2D eigenvalue weighted by atomic mass is 10.4. The van der Waals surface area contributed by atoms with Crippen molar-refractivity contribution in [1.29, 1.82) is 0 Å². The molecule has 1 unspecified atom stereocenters. The van der Waals surface area contributed by atoms with Crippen LogP contribution in [0.5, 0.6) is 0 Å². The topological polar surface area (TPSA) is 51.5 Å². The average Bonchev–Trinajstić information content (AvgIpc) is 2.39. The second-order valence-electron chi connectivity index (χ2n) is 2.13. The molecule has 1 N–H and O–H groups in total. The van der Waals surface area contributed by atoms with E-state index in [1.807, 2.05) is 0 Å². The van der Waals surface area contributed by atoms with Gasteiger partial charge >= 0.3 is 5.97 Å². The van der Waals surface area contributed by atoms with E-state index in [1.54, 1.807) is 24.5 Å². The molecule has 0 aliphatic carbocycles. The normalized spacial score (nSPS) is 12.5. The maximum absolute atomic E-state index is 10.3. The van der Waals surface area contributed by atoms with Crippen LogP contribution in [0.1, 0.15) is 6.92 Å². The molecule has 11 heavy (non-hydrogen) atoms. The van der Waals surface area contributed by atoms with Gasteiger partial charge in [-0.3, -0.25) is 0 Å². The summed E-state index contributed by atoms with van der Waals surface area (Å²) in [6.07, 6.45) is 2.46. The quantitative estimate of drug-likeness (QED) is 0.686. The highest BCUT2D eigenvalue weighted by Crippen LogP contribution is 1.90. The first-order valence-electron chi connectivity index (χ1n) is 3.23. The van der Waals surface area contributed by atoms with Crippen LogP contribution in [0.15, 0.2) is 24.5 Å². The van der Waals surface area contributed by atoms with Gasteiger partial charge in [0.1, 0.15) is 0 Å². The second kappa shape index (κ2) is 3.09. The first-order chi connectivity index (χ1) is 5.20. The molecule has 0 bridgehead atoms. The van der Waals surface area contributed by atoms with Gasteiger partial charge in [0.15, 0.2) is 0 Å². The second-order valence-corrected chi connectivity index (χ2v) is 2.13. The number of nitrogens with zero attached hydrogens (tertiary/aromatic N) is 1. The molecular formula is C7H9NO3. The van der Waals surface area contributed by atoms with E-state index in [-0.39, 0.29) is 0 Å². The summed E-state index contributed by atoms with van der Waals surface area (Å²) in [6.45, 7) is 1.47. The van der Waals surface area contributed by atoms with Gasteiger partial charge in [-0.2, -0.15) is 4.73 Å². The van der Waals surface area contributed by atoms with Gasteiger partial charge in [0.2, 0.25) is 6.10 Å². The molecule has 0 aliphatic heterocycles. The molecule has 0 radical (unpaired) electrons. The molecule has 4 nitrogen and oxygen atoms in total. The lowest BCUT2D eigenvalue weighted by Gasteiger charge is -2.09. The van der Waals surface area contributed by atoms with Gasteiger partial charge in [-0.05, 0) is 19.1 Å². The van der Waals surface area contributed by atoms with Gasteiger partial charge in [-0.25, -0.2) is 4.79 Å². The van der Waals surface area contributed by atoms with E-state index in [0.717, 1.165) is 0 Å². The summed E-state index contributed by atoms with van der Waals surface area (Å²) in [6, 6.07) is 3.52. The first kappa shape index (κ1) is 7.65. The standard InChI is InChI=1S/C7H9NO3/c1-6(7(9)10)11-8-4-2-3-5-8/h2-6H,1H3,(H,9,10). The number of carbonyl (C=O) groups is 1. The fourth-order valence-corrected chi connectivity index (χ4v) is 0.617. The van der Waals surface area contributed by atoms with E-state index in [1.165, 1.54) is 11.7 Å². The maximum atomic E-state index is 10.3. The molecule has 0 fully saturated rings. The van der Waals surface area contributed by atoms with Crippen molar-refractivity contribution in [1.82, 2.24) is 4.73 Å². The molecule has 0 amide bonds. The number of aliphatic carboxylic acids is 1. The predicted octanol–water partition coefficient (Wildman–Crippen LogP) is 0.390. The first-order valence-corrected chi connectivity index (χ1v) is 3.23. The molecule has 1 aromatic heterocycles. The zero-order chi connectivity index (χ0) is 8.27. The third-order valence-corrected chi connectivity index (χ3v) is 1.20. The number of carboxylic acid groups (broad SMARTS) is 1. The molecule has 0 aliphatic rings. The van der Waals surface area contributed by atoms with E-state index < -0.39 is 12.1 Å². The average molecular weight is 155 g/mol. The van der Waals surface area contributed by atoms with Gasteiger partial charge in [0.25, 0.3) is 0 Å². The van der Waals surface area contributed by atoms with Gasteiger partial charge in [0.05, 0.1) is 0 Å². The van der Waals surface area contributed by atoms with Crippen LogP contribution in [-0.2, 0) is 4.79 Å². The molecule has 1 aromatic rings. The third-order valence-electron chi connectivity index (χ3n) is 1.20. The largest absolute Gasteiger partial charge is 0.478 e. The molecule has 0 aromatic carbocycles. The van der Waals surface area contributed by atoms with Gasteiger partial charge < -0.3 is 9.94 Å². The Bertz CT molecular complexity index is 230. The van der Waals surface area contributed by atoms with Gasteiger partial charge in [0, 0.05) is 12.4 Å². The number of hydrogen-bond acceptors (Lipinski definition) is 2. The van der Waals surface area contributed by atoms with E-state index in [9.17, 15) is 4.79 Å². The highest BCUT2D eigenvalue weighted by Gasteiger charge is 2.11. The molecule has 0 saturated carbocycles. The Hall–Kier alpha value is -1.45. The predicted molar refractivity (Wildman–Crippen MR) is 38.1 cm³/mol. The van der Waals surface area contributed by atoms with Crippen molar-refractivity contribution < 1.29 is 14.7 Å². The van der Waals surface area contributed by atoms with Crippen molar-refractivity contribution in [3.63, 3.8) is 0 Å². The summed E-state index contributed by atoms with van der Waals surface area (Å²) in [4.78, 5) is 15.2. The SMILES string of the molecule is CC(On1cccc1)C(=O)O. The number of carboxylic acids is 1. The summed E-state index contributed by atoms with van der Waals surface area (Å²) >= 11 is 0. The molecule has 0 spiro atoms. The summed E-state index contributed by atoms with van der Waals surface area (Å²) in [5.74, 6) is -0.973. The fourth-order valence-electron chi connectivity index (χ4n) is 0.617. The molecule has 60 valence electrons. The van der Waals surface area contributed by atoms with Crippen LogP contribution in [0, 0.1) is 0 Å². The summed E-state index contributed by atoms with van der Waals surface area (Å²) < 4.78 is 1.36. The van der Waals surface area contributed by atoms with Crippen LogP contribution in [0.2, 0.25) is 0 Å². The molecule has 1 rings (SSSR count). The molecule has 4 heteroatoms. The van der Waals surface area contributed by atoms with Gasteiger partial charge in [-0.1, -0.05) is 0 Å². The summed E-state index contributed by atoms with van der Waals surface area (Å²) in [5.41, 5.74) is 0. The summed E-state index contributed by atoms with van der Waals surface area (Å²) in [7, 11) is 0. The van der Waals surface area contributed by atoms with Crippen LogP contribution >= 0.6 is 0 Å². The number of aromatic nitrogens is 1. The Kier molecular flexibility index (Phi) is 2.15. The Labute approximate surface area is 64.0 Å². The lowest BCUT2D eigenvalue weighted by Crippen LogP contribution is -2.28. The van der Waals surface area contributed by atoms with Crippen LogP contribution in [0.25, 0.3) is 0 Å². The molecule has 1 heterocycles. The minimum absolute atomic E-state index is 0.817. The molecule has 1 atom stereocenters. The Morgan fingerprint density at radius 3 is 2.55 bits per heavy atom. The van der Waals surface area contributed by atoms with Crippen LogP contribution < -0.4 is 4.84 Å². The van der Waals surface area contributed by atoms with Crippen LogP contribution in [-0.4, -0.2) is 21.9 Å². The van der Waals surface area contributed by atoms with E-state index >= 15 is 0 Å². The maximum Gasteiger partial charge on any atom is 0.347 e. The highest BCUT2D eigenvalue weighted by molar-refractivity contribution is 5.71. The highest BCUT2D eigenvalue weighted by atomic mass is 16.7. The Balaban J connectivity index is 2.50. The van der Waals surface area contributed by atoms with Crippen LogP contribution in [0.3, 0.4) is 0 Å². The van der Waals surface area contributed by atoms with E-state index in [0.29, 0.717) is 0 Å². The fraction of sp³-hybridized carbons (Fsp3) is 0.286. The van der Waals surface area contributed by atoms with Crippen molar-refractivity contribution in [3.05, 3.63) is 24.5 Å². The number of rotatable bonds is 3. The van der Waals surface area contributed by atoms with Gasteiger partial charge in [-0.15, -0.1) is 0 Å². The molecule has 0 saturated heterocycles. The zero-order valence-electron chi connectivity index (χ0n) is 6.10. The Morgan fingerprint density at radius 1 is 1.55 bits per heavy atom. The monoisotopic (exact) mass is 155 g/mol. The van der Waals surface area contributed by atoms with Crippen LogP contribution in [0.4, 0.5) is 0 Å². The van der Waals surface area contributed by atoms with E-state index in [2.05, 4.69) is 0 Å². The Morgan fingerprint density at radius 2 is 2.09 bits per heavy atom. The minimum atomic E-state index is -0.973. The van der Waals surface area contributed by atoms with Crippen molar-refractivity contribution >= 4 is 5.97 Å². The lowest BCUT2D eigenvalue weighted by molar-refractivity contribution is -0.149. The smallest absolute Gasteiger partial charge is 0.347 e. The zero-order valence-corrected chi connectivity index (χ0v) is 6.10. The van der Waals surface area contributed by atoms with Crippen molar-refractivity contribution in [3.8, 4) is 0 Å². The summed E-state index contributed by atoms with van der Waals surface area (Å²) in [5, 5.41) is 8.44. The third kappa shape index (κ3) is 2.00. The van der Waals surface area contributed by atoms with Crippen molar-refractivity contribution in [2.45, 2.75) is 13.0 Å². The van der Waals surface area contributed by atoms with E-state index in [4.69, 9.17) is 9.94 Å². The minimum Gasteiger partial charge on any atom is -0.478 e. The molecular weight excluding hydrogens is 146 g/mol. The van der Waals surface area contributed by atoms with Crippen molar-refractivity contribution in [2.24, 2.45) is 0 Å². The van der Waals surface area contributed by atoms with Crippen molar-refractivity contribution in [2.75, 3.05) is 0 Å². The number of hydrogen-bond donors (Lipinski definition) is 1.